The van der Waals surface area contributed by atoms with Crippen LogP contribution in [0.25, 0.3) is 22.6 Å². The minimum atomic E-state index is 0.466. The van der Waals surface area contributed by atoms with Crippen molar-refractivity contribution in [3.63, 3.8) is 0 Å². The minimum Gasteiger partial charge on any atom is -0.436 e. The van der Waals surface area contributed by atoms with Gasteiger partial charge < -0.3 is 4.42 Å². The molecule has 0 unspecified atom stereocenters. The largest absolute Gasteiger partial charge is 0.436 e. The molecule has 2 aromatic carbocycles. The Kier molecular flexibility index (Phi) is 3.17. The quantitative estimate of drug-likeness (QED) is 0.579. The van der Waals surface area contributed by atoms with Crippen molar-refractivity contribution in [2.75, 3.05) is 0 Å². The first-order valence-corrected chi connectivity index (χ1v) is 6.89. The van der Waals surface area contributed by atoms with Gasteiger partial charge in [-0.05, 0) is 59.0 Å². The van der Waals surface area contributed by atoms with Crippen LogP contribution in [0.1, 0.15) is 5.56 Å². The summed E-state index contributed by atoms with van der Waals surface area (Å²) in [7, 11) is 0. The van der Waals surface area contributed by atoms with Gasteiger partial charge >= 0.3 is 0 Å². The maximum absolute atomic E-state index is 8.87. The molecular formula is C14H6ClIN2O. The van der Waals surface area contributed by atoms with Crippen LogP contribution >= 0.6 is 34.2 Å². The van der Waals surface area contributed by atoms with E-state index in [4.69, 9.17) is 21.3 Å². The first-order valence-electron chi connectivity index (χ1n) is 5.43. The van der Waals surface area contributed by atoms with Crippen molar-refractivity contribution in [3.8, 4) is 17.5 Å². The maximum Gasteiger partial charge on any atom is 0.228 e. The molecule has 92 valence electrons. The zero-order chi connectivity index (χ0) is 13.4. The van der Waals surface area contributed by atoms with Gasteiger partial charge in [-0.25, -0.2) is 4.98 Å². The molecule has 0 spiro atoms. The molecule has 3 nitrogen and oxygen atoms in total. The number of halogens is 2. The van der Waals surface area contributed by atoms with Gasteiger partial charge in [0.2, 0.25) is 5.89 Å². The molecule has 0 aliphatic rings. The summed E-state index contributed by atoms with van der Waals surface area (Å²) in [6, 6.07) is 12.9. The monoisotopic (exact) mass is 380 g/mol. The lowest BCUT2D eigenvalue weighted by molar-refractivity contribution is 0.620. The molecule has 0 radical (unpaired) electrons. The van der Waals surface area contributed by atoms with Gasteiger partial charge in [0.15, 0.2) is 5.58 Å². The molecule has 0 bridgehead atoms. The second kappa shape index (κ2) is 4.83. The fourth-order valence-electron chi connectivity index (χ4n) is 1.77. The molecule has 1 heterocycles. The lowest BCUT2D eigenvalue weighted by atomic mass is 10.2. The van der Waals surface area contributed by atoms with Crippen molar-refractivity contribution in [3.05, 3.63) is 50.6 Å². The number of nitrogens with zero attached hydrogens (tertiary/aromatic N) is 2. The van der Waals surface area contributed by atoms with Crippen molar-refractivity contribution in [2.45, 2.75) is 0 Å². The highest BCUT2D eigenvalue weighted by molar-refractivity contribution is 14.1. The second-order valence-electron chi connectivity index (χ2n) is 3.94. The van der Waals surface area contributed by atoms with Gasteiger partial charge in [0.25, 0.3) is 0 Å². The molecule has 3 rings (SSSR count). The van der Waals surface area contributed by atoms with Crippen molar-refractivity contribution >= 4 is 45.3 Å². The second-order valence-corrected chi connectivity index (χ2v) is 5.59. The predicted octanol–water partition coefficient (Wildman–Crippen LogP) is 4.62. The summed E-state index contributed by atoms with van der Waals surface area (Å²) in [5, 5.41) is 9.46. The summed E-state index contributed by atoms with van der Waals surface area (Å²) in [6.45, 7) is 0. The Morgan fingerprint density at radius 3 is 2.84 bits per heavy atom. The molecule has 1 aromatic heterocycles. The number of aromatic nitrogens is 1. The Balaban J connectivity index is 2.21. The highest BCUT2D eigenvalue weighted by atomic mass is 127. The summed E-state index contributed by atoms with van der Waals surface area (Å²) < 4.78 is 6.73. The highest BCUT2D eigenvalue weighted by Crippen LogP contribution is 2.31. The average Bonchev–Trinajstić information content (AvgIpc) is 2.83. The van der Waals surface area contributed by atoms with Gasteiger partial charge in [-0.3, -0.25) is 0 Å². The van der Waals surface area contributed by atoms with E-state index in [9.17, 15) is 0 Å². The first kappa shape index (κ1) is 12.5. The van der Waals surface area contributed by atoms with Crippen LogP contribution in [-0.4, -0.2) is 4.98 Å². The van der Waals surface area contributed by atoms with E-state index < -0.39 is 0 Å². The van der Waals surface area contributed by atoms with Crippen LogP contribution in [0.15, 0.2) is 40.8 Å². The van der Waals surface area contributed by atoms with E-state index in [0.717, 1.165) is 9.13 Å². The molecule has 0 atom stereocenters. The SMILES string of the molecule is N#Cc1ccc2oc(-c3cc(I)ccc3Cl)nc2c1. The molecule has 3 aromatic rings. The van der Waals surface area contributed by atoms with Gasteiger partial charge in [0.1, 0.15) is 5.52 Å². The van der Waals surface area contributed by atoms with Crippen molar-refractivity contribution < 1.29 is 4.42 Å². The maximum atomic E-state index is 8.87. The normalized spacial score (nSPS) is 10.6. The topological polar surface area (TPSA) is 49.8 Å². The van der Waals surface area contributed by atoms with E-state index in [1.165, 1.54) is 0 Å². The summed E-state index contributed by atoms with van der Waals surface area (Å²) in [5.41, 5.74) is 2.61. The molecule has 0 aliphatic heterocycles. The molecule has 0 fully saturated rings. The lowest BCUT2D eigenvalue weighted by Crippen LogP contribution is -1.81. The zero-order valence-electron chi connectivity index (χ0n) is 9.52. The van der Waals surface area contributed by atoms with Crippen LogP contribution in [0.4, 0.5) is 0 Å². The van der Waals surface area contributed by atoms with E-state index in [2.05, 4.69) is 33.6 Å². The molecular weight excluding hydrogens is 375 g/mol. The van der Waals surface area contributed by atoms with Crippen LogP contribution in [0.2, 0.25) is 5.02 Å². The summed E-state index contributed by atoms with van der Waals surface area (Å²) >= 11 is 8.37. The first-order chi connectivity index (χ1) is 9.17. The van der Waals surface area contributed by atoms with E-state index in [1.807, 2.05) is 18.2 Å². The van der Waals surface area contributed by atoms with E-state index >= 15 is 0 Å². The fourth-order valence-corrected chi connectivity index (χ4v) is 2.46. The van der Waals surface area contributed by atoms with E-state index in [-0.39, 0.29) is 0 Å². The van der Waals surface area contributed by atoms with Gasteiger partial charge in [-0.1, -0.05) is 11.6 Å². The standard InChI is InChI=1S/C14H6ClIN2O/c15-11-3-2-9(16)6-10(11)14-18-12-5-8(7-17)1-4-13(12)19-14/h1-6H. The molecule has 0 saturated heterocycles. The van der Waals surface area contributed by atoms with Crippen LogP contribution in [0.3, 0.4) is 0 Å². The molecule has 0 aliphatic carbocycles. The Morgan fingerprint density at radius 1 is 1.21 bits per heavy atom. The van der Waals surface area contributed by atoms with Crippen LogP contribution in [0.5, 0.6) is 0 Å². The Morgan fingerprint density at radius 2 is 2.05 bits per heavy atom. The molecule has 0 N–H and O–H groups in total. The highest BCUT2D eigenvalue weighted by Gasteiger charge is 2.12. The molecule has 0 amide bonds. The van der Waals surface area contributed by atoms with Crippen LogP contribution in [-0.2, 0) is 0 Å². The zero-order valence-corrected chi connectivity index (χ0v) is 12.4. The van der Waals surface area contributed by atoms with Gasteiger partial charge in [-0.15, -0.1) is 0 Å². The molecule has 0 saturated carbocycles. The van der Waals surface area contributed by atoms with Gasteiger partial charge in [-0.2, -0.15) is 5.26 Å². The Bertz CT molecular complexity index is 820. The predicted molar refractivity (Wildman–Crippen MR) is 81.9 cm³/mol. The Hall–Kier alpha value is -1.58. The smallest absolute Gasteiger partial charge is 0.228 e. The summed E-state index contributed by atoms with van der Waals surface area (Å²) in [5.74, 6) is 0.466. The summed E-state index contributed by atoms with van der Waals surface area (Å²) in [6.07, 6.45) is 0. The number of rotatable bonds is 1. The van der Waals surface area contributed by atoms with E-state index in [0.29, 0.717) is 27.6 Å². The van der Waals surface area contributed by atoms with Crippen molar-refractivity contribution in [2.24, 2.45) is 0 Å². The number of nitriles is 1. The van der Waals surface area contributed by atoms with E-state index in [1.54, 1.807) is 18.2 Å². The Labute approximate surface area is 128 Å². The third-order valence-electron chi connectivity index (χ3n) is 2.68. The van der Waals surface area contributed by atoms with Crippen molar-refractivity contribution in [1.29, 1.82) is 5.26 Å². The minimum absolute atomic E-state index is 0.466. The van der Waals surface area contributed by atoms with Crippen molar-refractivity contribution in [1.82, 2.24) is 4.98 Å². The van der Waals surface area contributed by atoms with Gasteiger partial charge in [0.05, 0.1) is 22.2 Å². The third-order valence-corrected chi connectivity index (χ3v) is 3.68. The van der Waals surface area contributed by atoms with Crippen LogP contribution in [0, 0.1) is 14.9 Å². The number of fused-ring (bicyclic) bond motifs is 1. The third kappa shape index (κ3) is 2.31. The lowest BCUT2D eigenvalue weighted by Gasteiger charge is -1.99. The summed E-state index contributed by atoms with van der Waals surface area (Å²) in [4.78, 5) is 4.39. The molecule has 5 heteroatoms. The number of oxazole rings is 1. The fraction of sp³-hybridized carbons (Fsp3) is 0. The number of benzene rings is 2. The number of hydrogen-bond acceptors (Lipinski definition) is 3. The molecule has 19 heavy (non-hydrogen) atoms. The van der Waals surface area contributed by atoms with Crippen LogP contribution < -0.4 is 0 Å². The number of hydrogen-bond donors (Lipinski definition) is 0. The average molecular weight is 381 g/mol. The van der Waals surface area contributed by atoms with Gasteiger partial charge in [0, 0.05) is 3.57 Å².